The third-order valence-electron chi connectivity index (χ3n) is 4.24. The summed E-state index contributed by atoms with van der Waals surface area (Å²) < 4.78 is 0. The first-order chi connectivity index (χ1) is 11.9. The molecule has 7 heteroatoms. The molecule has 25 heavy (non-hydrogen) atoms. The molecule has 0 bridgehead atoms. The molecule has 1 aliphatic rings. The third-order valence-corrected chi connectivity index (χ3v) is 5.46. The molecule has 0 aliphatic carbocycles. The molecule has 2 amide bonds. The second kappa shape index (κ2) is 7.24. The monoisotopic (exact) mass is 396 g/mol. The van der Waals surface area contributed by atoms with Crippen molar-refractivity contribution in [3.63, 3.8) is 0 Å². The molecular formula is C18H15Cl3N2O2. The number of benzene rings is 2. The Hall–Kier alpha value is -1.75. The van der Waals surface area contributed by atoms with Gasteiger partial charge in [0.15, 0.2) is 0 Å². The standard InChI is InChI=1S/C18H15Cl3N2O2/c1-10-12(19)4-3-7-15(10)23-9-11(8-16(23)24)18(25)22-14-6-2-5-13(20)17(14)21/h2-7,11H,8-9H2,1H3,(H,22,25)/t11-/m0/s1. The van der Waals surface area contributed by atoms with Gasteiger partial charge in [0, 0.05) is 23.7 Å². The first-order valence-corrected chi connectivity index (χ1v) is 8.82. The van der Waals surface area contributed by atoms with Crippen LogP contribution in [0.15, 0.2) is 36.4 Å². The third kappa shape index (κ3) is 3.61. The summed E-state index contributed by atoms with van der Waals surface area (Å²) in [7, 11) is 0. The number of nitrogens with one attached hydrogen (secondary N) is 1. The zero-order valence-corrected chi connectivity index (χ0v) is 15.6. The highest BCUT2D eigenvalue weighted by atomic mass is 35.5. The molecule has 0 radical (unpaired) electrons. The molecule has 130 valence electrons. The molecule has 1 fully saturated rings. The Balaban J connectivity index is 1.77. The number of rotatable bonds is 3. The number of carbonyl (C=O) groups excluding carboxylic acids is 2. The first kappa shape index (κ1) is 18.1. The highest BCUT2D eigenvalue weighted by molar-refractivity contribution is 6.44. The molecule has 4 nitrogen and oxygen atoms in total. The Kier molecular flexibility index (Phi) is 5.23. The van der Waals surface area contributed by atoms with E-state index >= 15 is 0 Å². The van der Waals surface area contributed by atoms with Gasteiger partial charge in [-0.05, 0) is 36.8 Å². The number of anilines is 2. The van der Waals surface area contributed by atoms with Crippen molar-refractivity contribution >= 4 is 58.0 Å². The number of hydrogen-bond donors (Lipinski definition) is 1. The zero-order chi connectivity index (χ0) is 18.1. The van der Waals surface area contributed by atoms with E-state index in [-0.39, 0.29) is 23.3 Å². The van der Waals surface area contributed by atoms with Crippen molar-refractivity contribution in [2.24, 2.45) is 5.92 Å². The van der Waals surface area contributed by atoms with Crippen LogP contribution in [0.2, 0.25) is 15.1 Å². The van der Waals surface area contributed by atoms with Gasteiger partial charge in [0.2, 0.25) is 11.8 Å². The van der Waals surface area contributed by atoms with Gasteiger partial charge in [-0.3, -0.25) is 9.59 Å². The molecule has 2 aromatic carbocycles. The first-order valence-electron chi connectivity index (χ1n) is 7.69. The quantitative estimate of drug-likeness (QED) is 0.797. The average Bonchev–Trinajstić information content (AvgIpc) is 2.96. The summed E-state index contributed by atoms with van der Waals surface area (Å²) in [6, 6.07) is 10.4. The predicted octanol–water partition coefficient (Wildman–Crippen LogP) is 4.95. The zero-order valence-electron chi connectivity index (χ0n) is 13.4. The summed E-state index contributed by atoms with van der Waals surface area (Å²) in [6.45, 7) is 2.15. The minimum Gasteiger partial charge on any atom is -0.324 e. The Morgan fingerprint density at radius 1 is 1.12 bits per heavy atom. The van der Waals surface area contributed by atoms with Crippen molar-refractivity contribution in [3.8, 4) is 0 Å². The molecule has 0 spiro atoms. The van der Waals surface area contributed by atoms with Crippen LogP contribution in [-0.4, -0.2) is 18.4 Å². The lowest BCUT2D eigenvalue weighted by Crippen LogP contribution is -2.28. The van der Waals surface area contributed by atoms with Gasteiger partial charge in [-0.25, -0.2) is 0 Å². The Labute approximate surface area is 160 Å². The lowest BCUT2D eigenvalue weighted by Gasteiger charge is -2.19. The maximum absolute atomic E-state index is 12.5. The smallest absolute Gasteiger partial charge is 0.229 e. The number of amides is 2. The largest absolute Gasteiger partial charge is 0.324 e. The summed E-state index contributed by atoms with van der Waals surface area (Å²) >= 11 is 18.2. The van der Waals surface area contributed by atoms with Crippen LogP contribution in [0.3, 0.4) is 0 Å². The van der Waals surface area contributed by atoms with E-state index in [2.05, 4.69) is 5.32 Å². The molecule has 0 saturated carbocycles. The van der Waals surface area contributed by atoms with E-state index < -0.39 is 5.92 Å². The van der Waals surface area contributed by atoms with E-state index in [9.17, 15) is 9.59 Å². The Bertz CT molecular complexity index is 854. The van der Waals surface area contributed by atoms with E-state index in [1.54, 1.807) is 35.2 Å². The van der Waals surface area contributed by atoms with Gasteiger partial charge in [0.1, 0.15) is 0 Å². The molecule has 1 saturated heterocycles. The second-order valence-electron chi connectivity index (χ2n) is 5.88. The van der Waals surface area contributed by atoms with Gasteiger partial charge < -0.3 is 10.2 Å². The van der Waals surface area contributed by atoms with Crippen molar-refractivity contribution in [1.82, 2.24) is 0 Å². The summed E-state index contributed by atoms with van der Waals surface area (Å²) in [4.78, 5) is 26.5. The Morgan fingerprint density at radius 2 is 1.80 bits per heavy atom. The molecule has 1 aliphatic heterocycles. The molecule has 0 unspecified atom stereocenters. The SMILES string of the molecule is Cc1c(Cl)cccc1N1C[C@@H](C(=O)Nc2cccc(Cl)c2Cl)CC1=O. The maximum atomic E-state index is 12.5. The van der Waals surface area contributed by atoms with Crippen LogP contribution in [0.5, 0.6) is 0 Å². The topological polar surface area (TPSA) is 49.4 Å². The number of halogens is 3. The van der Waals surface area contributed by atoms with Crippen LogP contribution in [0.25, 0.3) is 0 Å². The summed E-state index contributed by atoms with van der Waals surface area (Å²) in [5, 5.41) is 3.98. The van der Waals surface area contributed by atoms with Gasteiger partial charge in [-0.1, -0.05) is 46.9 Å². The molecule has 2 aromatic rings. The maximum Gasteiger partial charge on any atom is 0.229 e. The van der Waals surface area contributed by atoms with Crippen molar-refractivity contribution in [1.29, 1.82) is 0 Å². The minimum atomic E-state index is -0.471. The number of carbonyl (C=O) groups is 2. The van der Waals surface area contributed by atoms with Gasteiger partial charge in [-0.2, -0.15) is 0 Å². The van der Waals surface area contributed by atoms with Gasteiger partial charge in [-0.15, -0.1) is 0 Å². The fourth-order valence-corrected chi connectivity index (χ4v) is 3.36. The van der Waals surface area contributed by atoms with E-state index in [1.165, 1.54) is 0 Å². The van der Waals surface area contributed by atoms with E-state index in [4.69, 9.17) is 34.8 Å². The highest BCUT2D eigenvalue weighted by Crippen LogP contribution is 2.33. The van der Waals surface area contributed by atoms with Gasteiger partial charge in [0.25, 0.3) is 0 Å². The van der Waals surface area contributed by atoms with Crippen LogP contribution in [-0.2, 0) is 9.59 Å². The van der Waals surface area contributed by atoms with Crippen molar-refractivity contribution in [2.75, 3.05) is 16.8 Å². The van der Waals surface area contributed by atoms with Crippen LogP contribution in [0, 0.1) is 12.8 Å². The molecule has 3 rings (SSSR count). The van der Waals surface area contributed by atoms with Gasteiger partial charge >= 0.3 is 0 Å². The van der Waals surface area contributed by atoms with E-state index in [1.807, 2.05) is 13.0 Å². The lowest BCUT2D eigenvalue weighted by atomic mass is 10.1. The molecule has 1 N–H and O–H groups in total. The summed E-state index contributed by atoms with van der Waals surface area (Å²) in [5.41, 5.74) is 1.98. The van der Waals surface area contributed by atoms with Gasteiger partial charge in [0.05, 0.1) is 21.7 Å². The molecular weight excluding hydrogens is 383 g/mol. The molecule has 0 aromatic heterocycles. The fraction of sp³-hybridized carbons (Fsp3) is 0.222. The lowest BCUT2D eigenvalue weighted by molar-refractivity contribution is -0.122. The number of hydrogen-bond acceptors (Lipinski definition) is 2. The van der Waals surface area contributed by atoms with Crippen LogP contribution in [0.4, 0.5) is 11.4 Å². The van der Waals surface area contributed by atoms with Crippen LogP contribution >= 0.6 is 34.8 Å². The molecule has 1 atom stereocenters. The summed E-state index contributed by atoms with van der Waals surface area (Å²) in [5.74, 6) is -0.844. The van der Waals surface area contributed by atoms with E-state index in [0.29, 0.717) is 22.3 Å². The second-order valence-corrected chi connectivity index (χ2v) is 7.07. The molecule has 1 heterocycles. The van der Waals surface area contributed by atoms with Crippen LogP contribution < -0.4 is 10.2 Å². The normalized spacial score (nSPS) is 17.0. The fourth-order valence-electron chi connectivity index (χ4n) is 2.84. The minimum absolute atomic E-state index is 0.109. The van der Waals surface area contributed by atoms with Crippen molar-refractivity contribution in [2.45, 2.75) is 13.3 Å². The van der Waals surface area contributed by atoms with Crippen molar-refractivity contribution in [3.05, 3.63) is 57.0 Å². The van der Waals surface area contributed by atoms with E-state index in [0.717, 1.165) is 11.3 Å². The summed E-state index contributed by atoms with van der Waals surface area (Å²) in [6.07, 6.45) is 0.135. The highest BCUT2D eigenvalue weighted by Gasteiger charge is 2.36. The average molecular weight is 398 g/mol. The van der Waals surface area contributed by atoms with Crippen molar-refractivity contribution < 1.29 is 9.59 Å². The number of nitrogens with zero attached hydrogens (tertiary/aromatic N) is 1. The van der Waals surface area contributed by atoms with Crippen LogP contribution in [0.1, 0.15) is 12.0 Å². The Morgan fingerprint density at radius 3 is 2.56 bits per heavy atom. The predicted molar refractivity (Wildman–Crippen MR) is 102 cm³/mol.